The Labute approximate surface area is 197 Å². The molecule has 0 atom stereocenters. The standard InChI is InChI=1S/C29H17N3OS/c1-2-6-19(7-3-1)32-24-9-5-4-8-20(24)22-16-18(10-11-25(22)32)26-17-23-27-21(12-15-34-27)28-30-13-14-31(28)29(23)33-26/h1-17H. The molecule has 3 aromatic carbocycles. The van der Waals surface area contributed by atoms with E-state index in [9.17, 15) is 0 Å². The lowest BCUT2D eigenvalue weighted by Gasteiger charge is -2.07. The normalized spacial score (nSPS) is 12.1. The van der Waals surface area contributed by atoms with Crippen LogP contribution in [0.25, 0.3) is 65.6 Å². The van der Waals surface area contributed by atoms with Crippen molar-refractivity contribution in [3.8, 4) is 17.0 Å². The zero-order valence-corrected chi connectivity index (χ0v) is 18.8. The van der Waals surface area contributed by atoms with E-state index in [0.717, 1.165) is 39.1 Å². The van der Waals surface area contributed by atoms with Crippen LogP contribution in [-0.4, -0.2) is 14.0 Å². The van der Waals surface area contributed by atoms with Crippen LogP contribution in [0.5, 0.6) is 0 Å². The number of para-hydroxylation sites is 2. The summed E-state index contributed by atoms with van der Waals surface area (Å²) in [6.07, 6.45) is 3.80. The van der Waals surface area contributed by atoms with Crippen molar-refractivity contribution in [2.24, 2.45) is 0 Å². The molecule has 8 aromatic rings. The molecule has 0 radical (unpaired) electrons. The van der Waals surface area contributed by atoms with E-state index in [-0.39, 0.29) is 0 Å². The lowest BCUT2D eigenvalue weighted by atomic mass is 10.1. The molecule has 0 spiro atoms. The molecule has 0 saturated heterocycles. The summed E-state index contributed by atoms with van der Waals surface area (Å²) in [4.78, 5) is 4.56. The molecular formula is C29H17N3OS. The highest BCUT2D eigenvalue weighted by Gasteiger charge is 2.18. The molecule has 4 nitrogen and oxygen atoms in total. The lowest BCUT2D eigenvalue weighted by Crippen LogP contribution is -1.92. The van der Waals surface area contributed by atoms with E-state index in [1.165, 1.54) is 26.5 Å². The fraction of sp³-hybridized carbons (Fsp3) is 0. The summed E-state index contributed by atoms with van der Waals surface area (Å²) in [6, 6.07) is 30.1. The quantitative estimate of drug-likeness (QED) is 0.264. The Morgan fingerprint density at radius 2 is 1.59 bits per heavy atom. The van der Waals surface area contributed by atoms with E-state index >= 15 is 0 Å². The number of rotatable bonds is 2. The van der Waals surface area contributed by atoms with Crippen LogP contribution in [0.2, 0.25) is 0 Å². The number of fused-ring (bicyclic) bond motifs is 9. The molecule has 8 rings (SSSR count). The molecule has 0 saturated carbocycles. The Balaban J connectivity index is 1.42. The maximum atomic E-state index is 6.48. The second-order valence-electron chi connectivity index (χ2n) is 8.53. The van der Waals surface area contributed by atoms with Crippen molar-refractivity contribution in [3.63, 3.8) is 0 Å². The zero-order chi connectivity index (χ0) is 22.2. The van der Waals surface area contributed by atoms with Gasteiger partial charge in [-0.1, -0.05) is 36.4 Å². The van der Waals surface area contributed by atoms with Gasteiger partial charge in [0.15, 0.2) is 0 Å². The topological polar surface area (TPSA) is 35.4 Å². The van der Waals surface area contributed by atoms with E-state index in [0.29, 0.717) is 0 Å². The predicted molar refractivity (Wildman–Crippen MR) is 140 cm³/mol. The summed E-state index contributed by atoms with van der Waals surface area (Å²) in [5.74, 6) is 0.865. The summed E-state index contributed by atoms with van der Waals surface area (Å²) in [6.45, 7) is 0. The van der Waals surface area contributed by atoms with Gasteiger partial charge in [0, 0.05) is 39.8 Å². The summed E-state index contributed by atoms with van der Waals surface area (Å²) in [7, 11) is 0. The Hall–Kier alpha value is -4.35. The molecular weight excluding hydrogens is 438 g/mol. The van der Waals surface area contributed by atoms with Crippen LogP contribution in [0.15, 0.2) is 107 Å². The van der Waals surface area contributed by atoms with Crippen LogP contribution in [0.4, 0.5) is 0 Å². The van der Waals surface area contributed by atoms with Gasteiger partial charge in [-0.25, -0.2) is 4.98 Å². The van der Waals surface area contributed by atoms with Gasteiger partial charge >= 0.3 is 0 Å². The van der Waals surface area contributed by atoms with Crippen molar-refractivity contribution in [1.29, 1.82) is 0 Å². The molecule has 0 bridgehead atoms. The third kappa shape index (κ3) is 2.34. The number of hydrogen-bond acceptors (Lipinski definition) is 3. The predicted octanol–water partition coefficient (Wildman–Crippen LogP) is 8.06. The van der Waals surface area contributed by atoms with Gasteiger partial charge < -0.3 is 8.98 Å². The van der Waals surface area contributed by atoms with Gasteiger partial charge in [0.2, 0.25) is 5.71 Å². The SMILES string of the molecule is c1ccc(-n2c3ccccc3c3cc(-c4cc5c6sccc6c6nccn6c5o4)ccc32)cc1. The monoisotopic (exact) mass is 455 g/mol. The van der Waals surface area contributed by atoms with Gasteiger partial charge in [-0.2, -0.15) is 0 Å². The molecule has 160 valence electrons. The Morgan fingerprint density at radius 3 is 2.53 bits per heavy atom. The summed E-state index contributed by atoms with van der Waals surface area (Å²) >= 11 is 1.73. The first-order chi connectivity index (χ1) is 16.9. The Morgan fingerprint density at radius 1 is 0.735 bits per heavy atom. The first-order valence-electron chi connectivity index (χ1n) is 11.2. The number of pyridine rings is 1. The van der Waals surface area contributed by atoms with Gasteiger partial charge in [0.25, 0.3) is 0 Å². The summed E-state index contributed by atoms with van der Waals surface area (Å²) in [5.41, 5.74) is 6.39. The minimum atomic E-state index is 0.837. The molecule has 0 amide bonds. The average molecular weight is 456 g/mol. The van der Waals surface area contributed by atoms with Crippen LogP contribution in [-0.2, 0) is 0 Å². The van der Waals surface area contributed by atoms with Crippen molar-refractivity contribution in [2.45, 2.75) is 0 Å². The lowest BCUT2D eigenvalue weighted by molar-refractivity contribution is 0.613. The number of imidazole rings is 1. The zero-order valence-electron chi connectivity index (χ0n) is 18.0. The van der Waals surface area contributed by atoms with E-state index in [4.69, 9.17) is 4.42 Å². The highest BCUT2D eigenvalue weighted by atomic mass is 32.1. The van der Waals surface area contributed by atoms with Crippen molar-refractivity contribution in [1.82, 2.24) is 14.0 Å². The molecule has 5 heterocycles. The fourth-order valence-electron chi connectivity index (χ4n) is 5.21. The van der Waals surface area contributed by atoms with Crippen molar-refractivity contribution >= 4 is 60.0 Å². The molecule has 0 fully saturated rings. The van der Waals surface area contributed by atoms with Crippen LogP contribution < -0.4 is 0 Å². The highest BCUT2D eigenvalue weighted by Crippen LogP contribution is 2.39. The van der Waals surface area contributed by atoms with Gasteiger partial charge in [0.05, 0.1) is 21.1 Å². The number of aromatic nitrogens is 3. The van der Waals surface area contributed by atoms with Crippen molar-refractivity contribution in [3.05, 3.63) is 103 Å². The first-order valence-corrected chi connectivity index (χ1v) is 12.1. The van der Waals surface area contributed by atoms with Crippen LogP contribution in [0.3, 0.4) is 0 Å². The fourth-order valence-corrected chi connectivity index (χ4v) is 6.11. The molecule has 34 heavy (non-hydrogen) atoms. The largest absolute Gasteiger partial charge is 0.439 e. The Bertz CT molecular complexity index is 1950. The third-order valence-electron chi connectivity index (χ3n) is 6.69. The molecule has 5 aromatic heterocycles. The number of thiophene rings is 1. The van der Waals surface area contributed by atoms with Crippen LogP contribution in [0.1, 0.15) is 0 Å². The number of hydrogen-bond donors (Lipinski definition) is 0. The average Bonchev–Trinajstić information content (AvgIpc) is 3.67. The van der Waals surface area contributed by atoms with Crippen molar-refractivity contribution in [2.75, 3.05) is 0 Å². The molecule has 0 N–H and O–H groups in total. The molecule has 5 heteroatoms. The minimum absolute atomic E-state index is 0.837. The summed E-state index contributed by atoms with van der Waals surface area (Å²) in [5, 5.41) is 6.85. The molecule has 0 aliphatic heterocycles. The minimum Gasteiger partial charge on any atom is -0.439 e. The van der Waals surface area contributed by atoms with E-state index in [1.807, 2.05) is 16.8 Å². The number of benzene rings is 3. The van der Waals surface area contributed by atoms with E-state index in [2.05, 4.69) is 99.9 Å². The number of furan rings is 1. The Kier molecular flexibility index (Phi) is 3.51. The molecule has 0 aliphatic carbocycles. The van der Waals surface area contributed by atoms with Gasteiger partial charge in [0.1, 0.15) is 11.4 Å². The summed E-state index contributed by atoms with van der Waals surface area (Å²) < 4.78 is 12.1. The van der Waals surface area contributed by atoms with Crippen LogP contribution >= 0.6 is 11.3 Å². The van der Waals surface area contributed by atoms with E-state index < -0.39 is 0 Å². The highest BCUT2D eigenvalue weighted by molar-refractivity contribution is 7.18. The smallest absolute Gasteiger partial charge is 0.214 e. The third-order valence-corrected chi connectivity index (χ3v) is 7.64. The second-order valence-corrected chi connectivity index (χ2v) is 9.45. The first kappa shape index (κ1) is 18.1. The molecule has 0 unspecified atom stereocenters. The number of nitrogens with zero attached hydrogens (tertiary/aromatic N) is 3. The maximum Gasteiger partial charge on any atom is 0.214 e. The molecule has 0 aliphatic rings. The van der Waals surface area contributed by atoms with Gasteiger partial charge in [-0.05, 0) is 53.9 Å². The van der Waals surface area contributed by atoms with Gasteiger partial charge in [-0.15, -0.1) is 11.3 Å². The second kappa shape index (κ2) is 6.59. The van der Waals surface area contributed by atoms with Crippen molar-refractivity contribution < 1.29 is 4.42 Å². The van der Waals surface area contributed by atoms with Gasteiger partial charge in [-0.3, -0.25) is 4.40 Å². The van der Waals surface area contributed by atoms with E-state index in [1.54, 1.807) is 11.3 Å². The maximum absolute atomic E-state index is 6.48. The van der Waals surface area contributed by atoms with Crippen LogP contribution in [0, 0.1) is 0 Å².